The highest BCUT2D eigenvalue weighted by Crippen LogP contribution is 2.40. The Labute approximate surface area is 147 Å². The molecule has 2 atom stereocenters. The lowest BCUT2D eigenvalue weighted by Gasteiger charge is -2.31. The van der Waals surface area contributed by atoms with Crippen LogP contribution in [0.25, 0.3) is 0 Å². The largest absolute Gasteiger partial charge is 0.310 e. The normalized spacial score (nSPS) is 22.7. The zero-order chi connectivity index (χ0) is 17.2. The molecule has 1 amide bonds. The van der Waals surface area contributed by atoms with Crippen molar-refractivity contribution in [3.63, 3.8) is 0 Å². The van der Waals surface area contributed by atoms with E-state index in [9.17, 15) is 4.79 Å². The zero-order valence-corrected chi connectivity index (χ0v) is 14.7. The van der Waals surface area contributed by atoms with Crippen LogP contribution in [0.5, 0.6) is 0 Å². The third-order valence-electron chi connectivity index (χ3n) is 5.46. The standard InChI is InChI=1S/C18H26N6O/c1-13(14-4-5-14)24-17(7-9-20-24)21-18(25)12-23-10-2-3-15(11-23)16-6-8-19-22-16/h6-9,13-15H,2-5,10-12H2,1H3,(H,19,22)(H,21,25)/t13-,15+/m1/s1. The van der Waals surface area contributed by atoms with Gasteiger partial charge in [0.05, 0.1) is 18.8 Å². The fraction of sp³-hybridized carbons (Fsp3) is 0.611. The fourth-order valence-corrected chi connectivity index (χ4v) is 3.85. The Morgan fingerprint density at radius 3 is 3.00 bits per heavy atom. The Morgan fingerprint density at radius 2 is 2.24 bits per heavy atom. The van der Waals surface area contributed by atoms with E-state index in [4.69, 9.17) is 0 Å². The minimum absolute atomic E-state index is 0.0370. The lowest BCUT2D eigenvalue weighted by molar-refractivity contribution is -0.117. The molecular weight excluding hydrogens is 316 g/mol. The molecule has 2 aliphatic rings. The van der Waals surface area contributed by atoms with Gasteiger partial charge in [0.25, 0.3) is 0 Å². The third kappa shape index (κ3) is 3.76. The molecule has 25 heavy (non-hydrogen) atoms. The number of H-pyrrole nitrogens is 1. The molecule has 0 aromatic carbocycles. The number of likely N-dealkylation sites (tertiary alicyclic amines) is 1. The maximum absolute atomic E-state index is 12.5. The number of rotatable bonds is 6. The Hall–Kier alpha value is -2.15. The van der Waals surface area contributed by atoms with Crippen molar-refractivity contribution >= 4 is 11.7 Å². The number of anilines is 1. The molecule has 4 rings (SSSR count). The van der Waals surface area contributed by atoms with E-state index in [0.717, 1.165) is 31.7 Å². The van der Waals surface area contributed by atoms with Crippen LogP contribution in [0.2, 0.25) is 0 Å². The van der Waals surface area contributed by atoms with Gasteiger partial charge in [-0.3, -0.25) is 14.8 Å². The van der Waals surface area contributed by atoms with Crippen molar-refractivity contribution in [2.45, 2.75) is 44.6 Å². The molecule has 1 aliphatic carbocycles. The molecule has 0 spiro atoms. The lowest BCUT2D eigenvalue weighted by Crippen LogP contribution is -2.40. The van der Waals surface area contributed by atoms with Gasteiger partial charge in [-0.15, -0.1) is 0 Å². The van der Waals surface area contributed by atoms with Crippen LogP contribution >= 0.6 is 0 Å². The van der Waals surface area contributed by atoms with Crippen LogP contribution in [0.1, 0.15) is 50.3 Å². The third-order valence-corrected chi connectivity index (χ3v) is 5.46. The van der Waals surface area contributed by atoms with Crippen molar-refractivity contribution in [1.29, 1.82) is 0 Å². The first-order valence-electron chi connectivity index (χ1n) is 9.25. The van der Waals surface area contributed by atoms with Crippen molar-refractivity contribution in [3.05, 3.63) is 30.2 Å². The van der Waals surface area contributed by atoms with Gasteiger partial charge in [-0.2, -0.15) is 10.2 Å². The molecule has 2 fully saturated rings. The summed E-state index contributed by atoms with van der Waals surface area (Å²) in [6.45, 7) is 4.47. The van der Waals surface area contributed by atoms with Crippen LogP contribution in [0, 0.1) is 5.92 Å². The molecule has 1 aliphatic heterocycles. The van der Waals surface area contributed by atoms with Crippen molar-refractivity contribution in [1.82, 2.24) is 24.9 Å². The number of carbonyl (C=O) groups excluding carboxylic acids is 1. The zero-order valence-electron chi connectivity index (χ0n) is 14.7. The topological polar surface area (TPSA) is 78.8 Å². The minimum Gasteiger partial charge on any atom is -0.310 e. The summed E-state index contributed by atoms with van der Waals surface area (Å²) >= 11 is 0. The Kier molecular flexibility index (Phi) is 4.57. The summed E-state index contributed by atoms with van der Waals surface area (Å²) in [6.07, 6.45) is 8.33. The predicted octanol–water partition coefficient (Wildman–Crippen LogP) is 2.40. The first kappa shape index (κ1) is 16.3. The maximum Gasteiger partial charge on any atom is 0.239 e. The van der Waals surface area contributed by atoms with Crippen molar-refractivity contribution in [2.75, 3.05) is 25.0 Å². The second-order valence-corrected chi connectivity index (χ2v) is 7.37. The summed E-state index contributed by atoms with van der Waals surface area (Å²) in [7, 11) is 0. The number of amides is 1. The van der Waals surface area contributed by atoms with Crippen molar-refractivity contribution in [2.24, 2.45) is 5.92 Å². The molecule has 2 aromatic heterocycles. The van der Waals surface area contributed by atoms with Gasteiger partial charge in [-0.1, -0.05) is 0 Å². The van der Waals surface area contributed by atoms with E-state index in [1.807, 2.05) is 16.8 Å². The number of aromatic nitrogens is 4. The van der Waals surface area contributed by atoms with E-state index in [-0.39, 0.29) is 5.91 Å². The first-order chi connectivity index (χ1) is 12.2. The molecule has 0 unspecified atom stereocenters. The van der Waals surface area contributed by atoms with Crippen LogP contribution in [0.15, 0.2) is 24.5 Å². The molecule has 7 nitrogen and oxygen atoms in total. The summed E-state index contributed by atoms with van der Waals surface area (Å²) in [5.74, 6) is 1.99. The van der Waals surface area contributed by atoms with Gasteiger partial charge in [0, 0.05) is 30.4 Å². The number of carbonyl (C=O) groups is 1. The smallest absolute Gasteiger partial charge is 0.239 e. The molecule has 0 bridgehead atoms. The number of hydrogen-bond acceptors (Lipinski definition) is 4. The average molecular weight is 342 g/mol. The summed E-state index contributed by atoms with van der Waals surface area (Å²) in [4.78, 5) is 14.7. The van der Waals surface area contributed by atoms with E-state index >= 15 is 0 Å². The van der Waals surface area contributed by atoms with Crippen LogP contribution < -0.4 is 5.32 Å². The van der Waals surface area contributed by atoms with Crippen LogP contribution in [-0.4, -0.2) is 50.4 Å². The second-order valence-electron chi connectivity index (χ2n) is 7.37. The highest BCUT2D eigenvalue weighted by atomic mass is 16.2. The highest BCUT2D eigenvalue weighted by molar-refractivity contribution is 5.91. The molecule has 0 radical (unpaired) electrons. The molecule has 2 N–H and O–H groups in total. The van der Waals surface area contributed by atoms with Gasteiger partial charge >= 0.3 is 0 Å². The average Bonchev–Trinajstić information content (AvgIpc) is 3.12. The van der Waals surface area contributed by atoms with E-state index in [2.05, 4.69) is 32.4 Å². The van der Waals surface area contributed by atoms with Crippen molar-refractivity contribution in [3.8, 4) is 0 Å². The van der Waals surface area contributed by atoms with E-state index < -0.39 is 0 Å². The second kappa shape index (κ2) is 7.00. The van der Waals surface area contributed by atoms with Crippen LogP contribution in [-0.2, 0) is 4.79 Å². The predicted molar refractivity (Wildman–Crippen MR) is 95.3 cm³/mol. The summed E-state index contributed by atoms with van der Waals surface area (Å²) in [5, 5.41) is 14.6. The first-order valence-corrected chi connectivity index (χ1v) is 9.25. The van der Waals surface area contributed by atoms with E-state index in [1.165, 1.54) is 18.5 Å². The summed E-state index contributed by atoms with van der Waals surface area (Å²) in [5.41, 5.74) is 1.17. The van der Waals surface area contributed by atoms with E-state index in [1.54, 1.807) is 12.4 Å². The van der Waals surface area contributed by atoms with Crippen molar-refractivity contribution < 1.29 is 4.79 Å². The number of piperidine rings is 1. The molecule has 1 saturated heterocycles. The molecule has 2 aromatic rings. The molecule has 1 saturated carbocycles. The molecule has 134 valence electrons. The number of nitrogens with one attached hydrogen (secondary N) is 2. The number of hydrogen-bond donors (Lipinski definition) is 2. The van der Waals surface area contributed by atoms with Gasteiger partial charge in [-0.25, -0.2) is 4.68 Å². The van der Waals surface area contributed by atoms with Gasteiger partial charge in [0.2, 0.25) is 5.91 Å². The fourth-order valence-electron chi connectivity index (χ4n) is 3.85. The van der Waals surface area contributed by atoms with Gasteiger partial charge < -0.3 is 5.32 Å². The van der Waals surface area contributed by atoms with E-state index in [0.29, 0.717) is 24.4 Å². The summed E-state index contributed by atoms with van der Waals surface area (Å²) < 4.78 is 1.96. The molecular formula is C18H26N6O. The summed E-state index contributed by atoms with van der Waals surface area (Å²) in [6, 6.07) is 4.27. The number of nitrogens with zero attached hydrogens (tertiary/aromatic N) is 4. The van der Waals surface area contributed by atoms with Gasteiger partial charge in [0.15, 0.2) is 0 Å². The number of aromatic amines is 1. The van der Waals surface area contributed by atoms with Crippen LogP contribution in [0.4, 0.5) is 5.82 Å². The minimum atomic E-state index is 0.0370. The van der Waals surface area contributed by atoms with Gasteiger partial charge in [-0.05, 0) is 51.1 Å². The lowest BCUT2D eigenvalue weighted by atomic mass is 9.95. The Balaban J connectivity index is 1.34. The van der Waals surface area contributed by atoms with Crippen LogP contribution in [0.3, 0.4) is 0 Å². The van der Waals surface area contributed by atoms with Gasteiger partial charge in [0.1, 0.15) is 5.82 Å². The highest BCUT2D eigenvalue weighted by Gasteiger charge is 2.31. The molecule has 3 heterocycles. The maximum atomic E-state index is 12.5. The monoisotopic (exact) mass is 342 g/mol. The molecule has 7 heteroatoms. The Morgan fingerprint density at radius 1 is 1.36 bits per heavy atom. The Bertz CT molecular complexity index is 705. The quantitative estimate of drug-likeness (QED) is 0.845. The SMILES string of the molecule is C[C@H](C1CC1)n1nccc1NC(=O)CN1CCC[C@H](c2ccn[nH]2)C1.